The number of nitrogens with zero attached hydrogens (tertiary/aromatic N) is 1. The summed E-state index contributed by atoms with van der Waals surface area (Å²) in [6.45, 7) is 6.88. The van der Waals surface area contributed by atoms with Crippen molar-refractivity contribution in [1.29, 1.82) is 5.26 Å². The summed E-state index contributed by atoms with van der Waals surface area (Å²) in [5.74, 6) is -1.20. The number of halogens is 4. The van der Waals surface area contributed by atoms with Gasteiger partial charge in [-0.2, -0.15) is 18.4 Å². The monoisotopic (exact) mass is 474 g/mol. The highest BCUT2D eigenvalue weighted by Crippen LogP contribution is 2.39. The summed E-state index contributed by atoms with van der Waals surface area (Å²) < 4.78 is 61.4. The molecule has 1 amide bonds. The van der Waals surface area contributed by atoms with Crippen molar-refractivity contribution in [2.24, 2.45) is 0 Å². The molecule has 11 heteroatoms. The van der Waals surface area contributed by atoms with E-state index in [2.05, 4.69) is 5.32 Å². The van der Waals surface area contributed by atoms with Crippen molar-refractivity contribution in [3.63, 3.8) is 0 Å². The zero-order chi connectivity index (χ0) is 23.9. The standard InChI is InChI=1S/C20H18ClF3N2O4S/c1-10-14(21)8-13(19(2,3)4)17(27)16(10)18(28)26-15-6-5-12(7-11(15)9-25)31(29,30)20(22,23)24/h5-8,27H,1-4H3,(H,26,28). The number of benzene rings is 2. The van der Waals surface area contributed by atoms with E-state index in [-0.39, 0.29) is 27.6 Å². The highest BCUT2D eigenvalue weighted by atomic mass is 35.5. The van der Waals surface area contributed by atoms with Gasteiger partial charge in [0.15, 0.2) is 0 Å². The van der Waals surface area contributed by atoms with Gasteiger partial charge in [0.1, 0.15) is 11.8 Å². The molecule has 0 heterocycles. The van der Waals surface area contributed by atoms with Gasteiger partial charge in [-0.15, -0.1) is 0 Å². The quantitative estimate of drug-likeness (QED) is 0.645. The van der Waals surface area contributed by atoms with Crippen LogP contribution in [0.3, 0.4) is 0 Å². The summed E-state index contributed by atoms with van der Waals surface area (Å²) in [5.41, 5.74) is -6.38. The van der Waals surface area contributed by atoms with E-state index in [9.17, 15) is 36.8 Å². The van der Waals surface area contributed by atoms with Crippen LogP contribution in [0.15, 0.2) is 29.2 Å². The molecule has 2 rings (SSSR count). The second kappa shape index (κ2) is 8.05. The van der Waals surface area contributed by atoms with E-state index >= 15 is 0 Å². The van der Waals surface area contributed by atoms with E-state index in [0.717, 1.165) is 6.07 Å². The largest absolute Gasteiger partial charge is 0.507 e. The molecule has 31 heavy (non-hydrogen) atoms. The van der Waals surface area contributed by atoms with E-state index in [0.29, 0.717) is 17.7 Å². The molecule has 0 spiro atoms. The molecule has 0 fully saturated rings. The third kappa shape index (κ3) is 4.62. The number of sulfone groups is 1. The van der Waals surface area contributed by atoms with E-state index < -0.39 is 37.1 Å². The molecule has 0 radical (unpaired) electrons. The number of nitriles is 1. The molecule has 0 atom stereocenters. The fourth-order valence-corrected chi connectivity index (χ4v) is 3.79. The van der Waals surface area contributed by atoms with Crippen molar-refractivity contribution in [2.45, 2.75) is 43.5 Å². The van der Waals surface area contributed by atoms with Crippen LogP contribution in [0.25, 0.3) is 0 Å². The Morgan fingerprint density at radius 3 is 2.26 bits per heavy atom. The maximum absolute atomic E-state index is 12.9. The molecule has 0 bridgehead atoms. The highest BCUT2D eigenvalue weighted by Gasteiger charge is 2.47. The normalized spacial score (nSPS) is 12.4. The second-order valence-electron chi connectivity index (χ2n) is 7.73. The first kappa shape index (κ1) is 24.5. The lowest BCUT2D eigenvalue weighted by molar-refractivity contribution is -0.0436. The van der Waals surface area contributed by atoms with Gasteiger partial charge >= 0.3 is 5.51 Å². The Kier molecular flexibility index (Phi) is 6.36. The van der Waals surface area contributed by atoms with Crippen molar-refractivity contribution in [3.05, 3.63) is 51.5 Å². The number of hydrogen-bond donors (Lipinski definition) is 2. The first-order chi connectivity index (χ1) is 14.0. The van der Waals surface area contributed by atoms with Crippen LogP contribution < -0.4 is 5.32 Å². The van der Waals surface area contributed by atoms with E-state index in [1.165, 1.54) is 13.0 Å². The fraction of sp³-hybridized carbons (Fsp3) is 0.300. The van der Waals surface area contributed by atoms with Crippen LogP contribution in [-0.4, -0.2) is 24.9 Å². The van der Waals surface area contributed by atoms with E-state index in [4.69, 9.17) is 11.6 Å². The lowest BCUT2D eigenvalue weighted by atomic mass is 9.84. The third-order valence-corrected chi connectivity index (χ3v) is 6.38. The third-order valence-electron chi connectivity index (χ3n) is 4.51. The van der Waals surface area contributed by atoms with Gasteiger partial charge in [-0.3, -0.25) is 4.79 Å². The molecular weight excluding hydrogens is 457 g/mol. The summed E-state index contributed by atoms with van der Waals surface area (Å²) in [6, 6.07) is 5.10. The van der Waals surface area contributed by atoms with Crippen LogP contribution in [0.5, 0.6) is 5.75 Å². The molecule has 0 saturated heterocycles. The highest BCUT2D eigenvalue weighted by molar-refractivity contribution is 7.92. The molecule has 2 aromatic carbocycles. The minimum Gasteiger partial charge on any atom is -0.507 e. The van der Waals surface area contributed by atoms with Crippen LogP contribution in [0.4, 0.5) is 18.9 Å². The summed E-state index contributed by atoms with van der Waals surface area (Å²) in [4.78, 5) is 11.7. The molecule has 166 valence electrons. The number of hydrogen-bond acceptors (Lipinski definition) is 5. The summed E-state index contributed by atoms with van der Waals surface area (Å²) in [5, 5.41) is 22.4. The van der Waals surface area contributed by atoms with Crippen LogP contribution in [0.1, 0.15) is 47.8 Å². The number of aromatic hydroxyl groups is 1. The zero-order valence-corrected chi connectivity index (χ0v) is 18.4. The second-order valence-corrected chi connectivity index (χ2v) is 10.1. The molecule has 0 unspecified atom stereocenters. The average Bonchev–Trinajstić information content (AvgIpc) is 2.63. The van der Waals surface area contributed by atoms with Gasteiger partial charge in [0.2, 0.25) is 0 Å². The maximum atomic E-state index is 12.9. The Morgan fingerprint density at radius 1 is 1.19 bits per heavy atom. The molecule has 0 saturated carbocycles. The van der Waals surface area contributed by atoms with Crippen LogP contribution in [-0.2, 0) is 15.3 Å². The summed E-state index contributed by atoms with van der Waals surface area (Å²) in [7, 11) is -5.67. The molecule has 0 aromatic heterocycles. The van der Waals surface area contributed by atoms with Crippen LogP contribution in [0.2, 0.25) is 5.02 Å². The van der Waals surface area contributed by atoms with Gasteiger partial charge < -0.3 is 10.4 Å². The minimum absolute atomic E-state index is 0.173. The zero-order valence-electron chi connectivity index (χ0n) is 16.8. The smallest absolute Gasteiger partial charge is 0.501 e. The van der Waals surface area contributed by atoms with Gasteiger partial charge in [0, 0.05) is 10.6 Å². The maximum Gasteiger partial charge on any atom is 0.501 e. The molecule has 6 nitrogen and oxygen atoms in total. The van der Waals surface area contributed by atoms with Gasteiger partial charge in [-0.05, 0) is 42.2 Å². The minimum atomic E-state index is -5.67. The van der Waals surface area contributed by atoms with Gasteiger partial charge in [-0.1, -0.05) is 32.4 Å². The molecule has 2 N–H and O–H groups in total. The Labute approximate surface area is 182 Å². The topological polar surface area (TPSA) is 107 Å². The predicted molar refractivity (Wildman–Crippen MR) is 109 cm³/mol. The van der Waals surface area contributed by atoms with E-state index in [1.807, 2.05) is 0 Å². The Morgan fingerprint density at radius 2 is 1.77 bits per heavy atom. The first-order valence-corrected chi connectivity index (χ1v) is 10.6. The molecule has 0 aliphatic heterocycles. The fourth-order valence-electron chi connectivity index (χ4n) is 2.80. The number of phenols is 1. The van der Waals surface area contributed by atoms with Gasteiger partial charge in [-0.25, -0.2) is 8.42 Å². The Hall–Kier alpha value is -2.77. The number of amides is 1. The lowest BCUT2D eigenvalue weighted by Crippen LogP contribution is -2.23. The SMILES string of the molecule is Cc1c(Cl)cc(C(C)(C)C)c(O)c1C(=O)Nc1ccc(S(=O)(=O)C(F)(F)F)cc1C#N. The predicted octanol–water partition coefficient (Wildman–Crippen LogP) is 5.07. The van der Waals surface area contributed by atoms with E-state index in [1.54, 1.807) is 26.8 Å². The summed E-state index contributed by atoms with van der Waals surface area (Å²) in [6.07, 6.45) is 0. The Balaban J connectivity index is 2.56. The number of nitrogens with one attached hydrogen (secondary N) is 1. The number of carbonyl (C=O) groups is 1. The van der Waals surface area contributed by atoms with Crippen molar-refractivity contribution in [1.82, 2.24) is 0 Å². The number of anilines is 1. The number of rotatable bonds is 3. The Bertz CT molecular complexity index is 1210. The van der Waals surface area contributed by atoms with Crippen molar-refractivity contribution in [2.75, 3.05) is 5.32 Å². The van der Waals surface area contributed by atoms with Crippen molar-refractivity contribution >= 4 is 33.0 Å². The first-order valence-electron chi connectivity index (χ1n) is 8.71. The number of alkyl halides is 3. The van der Waals surface area contributed by atoms with Gasteiger partial charge in [0.25, 0.3) is 15.7 Å². The molecule has 2 aromatic rings. The number of carbonyl (C=O) groups excluding carboxylic acids is 1. The molecule has 0 aliphatic rings. The van der Waals surface area contributed by atoms with Gasteiger partial charge in [0.05, 0.1) is 21.7 Å². The van der Waals surface area contributed by atoms with Crippen molar-refractivity contribution < 1.29 is 31.5 Å². The molecular formula is C20H18ClF3N2O4S. The van der Waals surface area contributed by atoms with Crippen LogP contribution in [0, 0.1) is 18.3 Å². The molecule has 0 aliphatic carbocycles. The van der Waals surface area contributed by atoms with Crippen molar-refractivity contribution in [3.8, 4) is 11.8 Å². The lowest BCUT2D eigenvalue weighted by Gasteiger charge is -2.23. The average molecular weight is 475 g/mol. The van der Waals surface area contributed by atoms with Crippen LogP contribution >= 0.6 is 11.6 Å². The number of phenolic OH excluding ortho intramolecular Hbond substituents is 1. The summed E-state index contributed by atoms with van der Waals surface area (Å²) >= 11 is 6.20.